The molecule has 2 fully saturated rings. The third-order valence-electron chi connectivity index (χ3n) is 5.93. The number of hydrogen-bond donors (Lipinski definition) is 1. The maximum atomic E-state index is 13.1. The standard InChI is InChI=1S/C21H23ClN4O5S2/c1-14-3-5-15(6-4-14)21(2)19(28)26(20(29)23-21)13-17(27)24-9-11-25(12-10-24)33(30,31)18-8-7-16(22)32-18/h3-8H,9-13H2,1-2H3,(H,23,29)/t21-/m1/s1. The normalized spacial score (nSPS) is 22.0. The molecule has 176 valence electrons. The average Bonchev–Trinajstić information content (AvgIpc) is 3.32. The first-order valence-corrected chi connectivity index (χ1v) is 12.9. The smallest absolute Gasteiger partial charge is 0.325 e. The van der Waals surface area contributed by atoms with Crippen LogP contribution in [0.25, 0.3) is 0 Å². The van der Waals surface area contributed by atoms with Crippen LogP contribution in [0.1, 0.15) is 18.1 Å². The molecule has 0 aliphatic carbocycles. The van der Waals surface area contributed by atoms with Crippen molar-refractivity contribution in [1.29, 1.82) is 0 Å². The zero-order valence-electron chi connectivity index (χ0n) is 18.1. The molecule has 0 saturated carbocycles. The molecule has 2 aliphatic heterocycles. The average molecular weight is 511 g/mol. The van der Waals surface area contributed by atoms with E-state index in [1.54, 1.807) is 19.1 Å². The lowest BCUT2D eigenvalue weighted by Gasteiger charge is -2.34. The molecule has 3 heterocycles. The molecule has 9 nitrogen and oxygen atoms in total. The molecule has 1 aromatic heterocycles. The van der Waals surface area contributed by atoms with Gasteiger partial charge >= 0.3 is 6.03 Å². The van der Waals surface area contributed by atoms with Gasteiger partial charge in [0.2, 0.25) is 5.91 Å². The molecule has 2 aromatic rings. The lowest BCUT2D eigenvalue weighted by molar-refractivity contribution is -0.139. The summed E-state index contributed by atoms with van der Waals surface area (Å²) in [5, 5.41) is 2.69. The lowest BCUT2D eigenvalue weighted by Crippen LogP contribution is -2.53. The van der Waals surface area contributed by atoms with Gasteiger partial charge in [-0.05, 0) is 31.5 Å². The van der Waals surface area contributed by atoms with Crippen LogP contribution < -0.4 is 5.32 Å². The van der Waals surface area contributed by atoms with Gasteiger partial charge in [-0.2, -0.15) is 4.31 Å². The molecule has 1 atom stereocenters. The number of nitrogens with one attached hydrogen (secondary N) is 1. The molecule has 0 radical (unpaired) electrons. The number of aryl methyl sites for hydroxylation is 1. The van der Waals surface area contributed by atoms with Gasteiger partial charge in [0.05, 0.1) is 4.34 Å². The highest BCUT2D eigenvalue weighted by Crippen LogP contribution is 2.30. The van der Waals surface area contributed by atoms with Crippen molar-refractivity contribution in [3.63, 3.8) is 0 Å². The molecule has 0 bridgehead atoms. The third-order valence-corrected chi connectivity index (χ3v) is 9.53. The summed E-state index contributed by atoms with van der Waals surface area (Å²) in [6.45, 7) is 3.69. The van der Waals surface area contributed by atoms with Crippen molar-refractivity contribution in [2.45, 2.75) is 23.6 Å². The molecule has 4 rings (SSSR count). The highest BCUT2D eigenvalue weighted by Gasteiger charge is 2.49. The van der Waals surface area contributed by atoms with Gasteiger partial charge in [-0.1, -0.05) is 41.4 Å². The minimum absolute atomic E-state index is 0.116. The van der Waals surface area contributed by atoms with E-state index in [-0.39, 0.29) is 30.4 Å². The Morgan fingerprint density at radius 3 is 2.30 bits per heavy atom. The zero-order chi connectivity index (χ0) is 24.0. The van der Waals surface area contributed by atoms with Crippen molar-refractivity contribution < 1.29 is 22.8 Å². The van der Waals surface area contributed by atoms with Crippen LogP contribution in [0.2, 0.25) is 4.34 Å². The van der Waals surface area contributed by atoms with Crippen molar-refractivity contribution in [2.75, 3.05) is 32.7 Å². The highest BCUT2D eigenvalue weighted by atomic mass is 35.5. The van der Waals surface area contributed by atoms with E-state index in [9.17, 15) is 22.8 Å². The summed E-state index contributed by atoms with van der Waals surface area (Å²) in [7, 11) is -3.68. The van der Waals surface area contributed by atoms with Crippen LogP contribution in [0.5, 0.6) is 0 Å². The largest absolute Gasteiger partial charge is 0.338 e. The number of imide groups is 1. The van der Waals surface area contributed by atoms with Crippen LogP contribution in [-0.2, 0) is 25.2 Å². The van der Waals surface area contributed by atoms with Crippen LogP contribution in [0.3, 0.4) is 0 Å². The van der Waals surface area contributed by atoms with Crippen LogP contribution in [0.15, 0.2) is 40.6 Å². The second-order valence-electron chi connectivity index (χ2n) is 8.16. The molecule has 0 spiro atoms. The predicted molar refractivity (Wildman–Crippen MR) is 123 cm³/mol. The van der Waals surface area contributed by atoms with Crippen molar-refractivity contribution in [3.8, 4) is 0 Å². The number of benzene rings is 1. The van der Waals surface area contributed by atoms with Gasteiger partial charge in [-0.25, -0.2) is 13.2 Å². The van der Waals surface area contributed by atoms with Gasteiger partial charge < -0.3 is 10.2 Å². The Morgan fingerprint density at radius 2 is 1.73 bits per heavy atom. The first kappa shape index (κ1) is 23.7. The van der Waals surface area contributed by atoms with Gasteiger partial charge in [-0.15, -0.1) is 11.3 Å². The number of urea groups is 1. The van der Waals surface area contributed by atoms with Crippen LogP contribution in [-0.4, -0.2) is 73.1 Å². The van der Waals surface area contributed by atoms with Crippen LogP contribution in [0, 0.1) is 6.92 Å². The van der Waals surface area contributed by atoms with Gasteiger partial charge in [0, 0.05) is 26.2 Å². The number of nitrogens with zero attached hydrogens (tertiary/aromatic N) is 3. The molecule has 1 N–H and O–H groups in total. The summed E-state index contributed by atoms with van der Waals surface area (Å²) in [6.07, 6.45) is 0. The number of rotatable bonds is 5. The Bertz CT molecular complexity index is 1210. The number of amides is 4. The first-order valence-electron chi connectivity index (χ1n) is 10.3. The van der Waals surface area contributed by atoms with E-state index in [1.807, 2.05) is 19.1 Å². The molecule has 12 heteroatoms. The molecule has 33 heavy (non-hydrogen) atoms. The zero-order valence-corrected chi connectivity index (χ0v) is 20.5. The van der Waals surface area contributed by atoms with Crippen LogP contribution in [0.4, 0.5) is 4.79 Å². The molecule has 1 aromatic carbocycles. The van der Waals surface area contributed by atoms with Gasteiger partial charge in [0.15, 0.2) is 0 Å². The Labute approximate surface area is 201 Å². The monoisotopic (exact) mass is 510 g/mol. The fraction of sp³-hybridized carbons (Fsp3) is 0.381. The van der Waals surface area contributed by atoms with Crippen molar-refractivity contribution in [2.24, 2.45) is 0 Å². The Balaban J connectivity index is 1.39. The lowest BCUT2D eigenvalue weighted by atomic mass is 9.91. The first-order chi connectivity index (χ1) is 15.5. The summed E-state index contributed by atoms with van der Waals surface area (Å²) in [4.78, 5) is 40.8. The summed E-state index contributed by atoms with van der Waals surface area (Å²) in [5.74, 6) is -0.914. The van der Waals surface area contributed by atoms with Crippen molar-refractivity contribution in [1.82, 2.24) is 19.4 Å². The van der Waals surface area contributed by atoms with Crippen molar-refractivity contribution in [3.05, 3.63) is 51.9 Å². The minimum Gasteiger partial charge on any atom is -0.338 e. The Hall–Kier alpha value is -2.47. The number of thiophene rings is 1. The fourth-order valence-corrected chi connectivity index (χ4v) is 6.96. The fourth-order valence-electron chi connectivity index (χ4n) is 3.90. The summed E-state index contributed by atoms with van der Waals surface area (Å²) in [6, 6.07) is 9.62. The summed E-state index contributed by atoms with van der Waals surface area (Å²) >= 11 is 6.84. The predicted octanol–water partition coefficient (Wildman–Crippen LogP) is 2.01. The summed E-state index contributed by atoms with van der Waals surface area (Å²) in [5.41, 5.74) is 0.406. The number of carbonyl (C=O) groups excluding carboxylic acids is 3. The molecular weight excluding hydrogens is 488 g/mol. The van der Waals surface area contributed by atoms with E-state index in [2.05, 4.69) is 5.32 Å². The number of carbonyl (C=O) groups is 3. The molecule has 0 unspecified atom stereocenters. The number of sulfonamides is 1. The maximum Gasteiger partial charge on any atom is 0.325 e. The second-order valence-corrected chi connectivity index (χ2v) is 12.0. The van der Waals surface area contributed by atoms with Gasteiger partial charge in [0.25, 0.3) is 15.9 Å². The molecule has 2 saturated heterocycles. The second kappa shape index (κ2) is 8.71. The number of halogens is 1. The van der Waals surface area contributed by atoms with E-state index in [0.29, 0.717) is 9.90 Å². The Kier molecular flexibility index (Phi) is 6.25. The Morgan fingerprint density at radius 1 is 1.09 bits per heavy atom. The highest BCUT2D eigenvalue weighted by molar-refractivity contribution is 7.91. The van der Waals surface area contributed by atoms with Crippen LogP contribution >= 0.6 is 22.9 Å². The SMILES string of the molecule is Cc1ccc([C@@]2(C)NC(=O)N(CC(=O)N3CCN(S(=O)(=O)c4ccc(Cl)s4)CC3)C2=O)cc1. The molecule has 2 aliphatic rings. The number of piperazine rings is 1. The van der Waals surface area contributed by atoms with E-state index in [0.717, 1.165) is 21.8 Å². The minimum atomic E-state index is -3.68. The third kappa shape index (κ3) is 4.37. The quantitative estimate of drug-likeness (QED) is 0.619. The topological polar surface area (TPSA) is 107 Å². The maximum absolute atomic E-state index is 13.1. The van der Waals surface area contributed by atoms with Crippen molar-refractivity contribution >= 4 is 50.8 Å². The van der Waals surface area contributed by atoms with E-state index in [1.165, 1.54) is 21.3 Å². The molecular formula is C21H23ClN4O5S2. The summed E-state index contributed by atoms with van der Waals surface area (Å²) < 4.78 is 27.3. The van der Waals surface area contributed by atoms with E-state index >= 15 is 0 Å². The molecule has 4 amide bonds. The number of hydrogen-bond acceptors (Lipinski definition) is 6. The van der Waals surface area contributed by atoms with Gasteiger partial charge in [0.1, 0.15) is 16.3 Å². The van der Waals surface area contributed by atoms with E-state index < -0.39 is 40.0 Å². The van der Waals surface area contributed by atoms with Gasteiger partial charge in [-0.3, -0.25) is 14.5 Å². The van der Waals surface area contributed by atoms with E-state index in [4.69, 9.17) is 11.6 Å².